The summed E-state index contributed by atoms with van der Waals surface area (Å²) in [5.41, 5.74) is -0.261. The van der Waals surface area contributed by atoms with Gasteiger partial charge >= 0.3 is 0 Å². The first-order valence-corrected chi connectivity index (χ1v) is 8.25. The number of amides is 1. The Kier molecular flexibility index (Phi) is 5.37. The van der Waals surface area contributed by atoms with Crippen LogP contribution in [0.15, 0.2) is 18.5 Å². The van der Waals surface area contributed by atoms with Gasteiger partial charge in [0.05, 0.1) is 0 Å². The largest absolute Gasteiger partial charge is 0.342 e. The van der Waals surface area contributed by atoms with Crippen LogP contribution >= 0.6 is 0 Å². The van der Waals surface area contributed by atoms with E-state index < -0.39 is 0 Å². The van der Waals surface area contributed by atoms with Crippen LogP contribution in [-0.2, 0) is 4.79 Å². The molecule has 0 unspecified atom stereocenters. The van der Waals surface area contributed by atoms with Gasteiger partial charge in [0.15, 0.2) is 0 Å². The zero-order valence-electron chi connectivity index (χ0n) is 14.2. The molecule has 0 spiro atoms. The van der Waals surface area contributed by atoms with Crippen LogP contribution in [-0.4, -0.2) is 47.0 Å². The van der Waals surface area contributed by atoms with Gasteiger partial charge in [0.25, 0.3) is 0 Å². The van der Waals surface area contributed by atoms with Gasteiger partial charge in [-0.1, -0.05) is 27.2 Å². The molecule has 2 heterocycles. The number of carbonyl (C=O) groups excluding carboxylic acids is 1. The molecule has 0 aromatic carbocycles. The van der Waals surface area contributed by atoms with E-state index in [1.807, 2.05) is 18.0 Å². The lowest BCUT2D eigenvalue weighted by Gasteiger charge is -2.39. The zero-order valence-corrected chi connectivity index (χ0v) is 14.2. The molecule has 122 valence electrons. The van der Waals surface area contributed by atoms with Gasteiger partial charge in [-0.3, -0.25) is 4.79 Å². The third-order valence-electron chi connectivity index (χ3n) is 4.62. The van der Waals surface area contributed by atoms with Gasteiger partial charge in [-0.25, -0.2) is 9.97 Å². The Hall–Kier alpha value is -1.65. The van der Waals surface area contributed by atoms with Crippen molar-refractivity contribution in [2.75, 3.05) is 25.0 Å². The summed E-state index contributed by atoms with van der Waals surface area (Å²) in [5, 5.41) is 0. The molecule has 5 heteroatoms. The van der Waals surface area contributed by atoms with Crippen molar-refractivity contribution >= 4 is 11.9 Å². The minimum absolute atomic E-state index is 0.261. The van der Waals surface area contributed by atoms with E-state index in [9.17, 15) is 4.79 Å². The lowest BCUT2D eigenvalue weighted by atomic mass is 9.85. The molecule has 5 nitrogen and oxygen atoms in total. The zero-order chi connectivity index (χ0) is 16.2. The molecule has 0 N–H and O–H groups in total. The van der Waals surface area contributed by atoms with Crippen molar-refractivity contribution in [2.45, 2.75) is 52.5 Å². The monoisotopic (exact) mass is 304 g/mol. The minimum Gasteiger partial charge on any atom is -0.342 e. The SMILES string of the molecule is CCCC(C)(C)C(=O)N(C)C1CCN(c2ncccn2)CC1. The molecule has 1 aromatic rings. The van der Waals surface area contributed by atoms with Crippen molar-refractivity contribution < 1.29 is 4.79 Å². The van der Waals surface area contributed by atoms with E-state index in [1.165, 1.54) is 0 Å². The van der Waals surface area contributed by atoms with Crippen LogP contribution in [0.25, 0.3) is 0 Å². The number of anilines is 1. The molecule has 1 amide bonds. The average molecular weight is 304 g/mol. The number of carbonyl (C=O) groups is 1. The second-order valence-electron chi connectivity index (χ2n) is 6.82. The Morgan fingerprint density at radius 1 is 1.32 bits per heavy atom. The Bertz CT molecular complexity index is 481. The highest BCUT2D eigenvalue weighted by Gasteiger charge is 2.34. The van der Waals surface area contributed by atoms with Crippen molar-refractivity contribution in [3.63, 3.8) is 0 Å². The molecular formula is C17H28N4O. The van der Waals surface area contributed by atoms with Crippen LogP contribution in [0.1, 0.15) is 46.5 Å². The molecule has 1 aromatic heterocycles. The van der Waals surface area contributed by atoms with Crippen molar-refractivity contribution in [3.8, 4) is 0 Å². The van der Waals surface area contributed by atoms with Gasteiger partial charge in [-0.2, -0.15) is 0 Å². The Balaban J connectivity index is 1.92. The van der Waals surface area contributed by atoms with Crippen molar-refractivity contribution in [2.24, 2.45) is 5.41 Å². The van der Waals surface area contributed by atoms with E-state index in [-0.39, 0.29) is 11.3 Å². The van der Waals surface area contributed by atoms with E-state index in [2.05, 4.69) is 35.6 Å². The Labute approximate surface area is 133 Å². The smallest absolute Gasteiger partial charge is 0.228 e. The number of aromatic nitrogens is 2. The summed E-state index contributed by atoms with van der Waals surface area (Å²) in [6.45, 7) is 8.05. The molecule has 0 saturated carbocycles. The molecule has 0 atom stereocenters. The Morgan fingerprint density at radius 2 is 1.91 bits per heavy atom. The molecule has 0 radical (unpaired) electrons. The fraction of sp³-hybridized carbons (Fsp3) is 0.706. The van der Waals surface area contributed by atoms with Crippen LogP contribution in [0.2, 0.25) is 0 Å². The molecule has 1 aliphatic rings. The summed E-state index contributed by atoms with van der Waals surface area (Å²) >= 11 is 0. The second kappa shape index (κ2) is 7.07. The third kappa shape index (κ3) is 3.76. The number of piperidine rings is 1. The fourth-order valence-corrected chi connectivity index (χ4v) is 3.28. The summed E-state index contributed by atoms with van der Waals surface area (Å²) in [5.74, 6) is 1.06. The number of hydrogen-bond acceptors (Lipinski definition) is 4. The van der Waals surface area contributed by atoms with Gasteiger partial charge in [0, 0.05) is 44.0 Å². The van der Waals surface area contributed by atoms with Gasteiger partial charge in [-0.15, -0.1) is 0 Å². The quantitative estimate of drug-likeness (QED) is 0.839. The van der Waals surface area contributed by atoms with Gasteiger partial charge < -0.3 is 9.80 Å². The highest BCUT2D eigenvalue weighted by Crippen LogP contribution is 2.28. The van der Waals surface area contributed by atoms with Crippen LogP contribution in [0.3, 0.4) is 0 Å². The van der Waals surface area contributed by atoms with E-state index in [4.69, 9.17) is 0 Å². The predicted molar refractivity (Wildman–Crippen MR) is 88.7 cm³/mol. The van der Waals surface area contributed by atoms with E-state index in [0.29, 0.717) is 6.04 Å². The highest BCUT2D eigenvalue weighted by molar-refractivity contribution is 5.82. The molecule has 1 fully saturated rings. The maximum Gasteiger partial charge on any atom is 0.228 e. The summed E-state index contributed by atoms with van der Waals surface area (Å²) < 4.78 is 0. The second-order valence-corrected chi connectivity index (χ2v) is 6.82. The normalized spacial score (nSPS) is 16.6. The van der Waals surface area contributed by atoms with Crippen LogP contribution in [0, 0.1) is 5.41 Å². The molecular weight excluding hydrogens is 276 g/mol. The predicted octanol–water partition coefficient (Wildman–Crippen LogP) is 2.73. The number of rotatable bonds is 5. The first-order chi connectivity index (χ1) is 10.5. The lowest BCUT2D eigenvalue weighted by Crippen LogP contribution is -2.49. The third-order valence-corrected chi connectivity index (χ3v) is 4.62. The molecule has 2 rings (SSSR count). The summed E-state index contributed by atoms with van der Waals surface area (Å²) in [4.78, 5) is 25.5. The van der Waals surface area contributed by atoms with Gasteiger partial charge in [-0.05, 0) is 25.3 Å². The fourth-order valence-electron chi connectivity index (χ4n) is 3.28. The summed E-state index contributed by atoms with van der Waals surface area (Å²) in [7, 11) is 1.96. The Morgan fingerprint density at radius 3 is 2.45 bits per heavy atom. The highest BCUT2D eigenvalue weighted by atomic mass is 16.2. The lowest BCUT2D eigenvalue weighted by molar-refractivity contribution is -0.142. The molecule has 1 aliphatic heterocycles. The molecule has 0 aliphatic carbocycles. The maximum atomic E-state index is 12.7. The van der Waals surface area contributed by atoms with Crippen molar-refractivity contribution in [3.05, 3.63) is 18.5 Å². The summed E-state index contributed by atoms with van der Waals surface area (Å²) in [6, 6.07) is 2.15. The van der Waals surface area contributed by atoms with Gasteiger partial charge in [0.2, 0.25) is 11.9 Å². The van der Waals surface area contributed by atoms with E-state index in [1.54, 1.807) is 12.4 Å². The molecule has 0 bridgehead atoms. The first kappa shape index (κ1) is 16.7. The minimum atomic E-state index is -0.261. The van der Waals surface area contributed by atoms with Crippen LogP contribution in [0.4, 0.5) is 5.95 Å². The molecule has 1 saturated heterocycles. The van der Waals surface area contributed by atoms with Gasteiger partial charge in [0.1, 0.15) is 0 Å². The molecule has 22 heavy (non-hydrogen) atoms. The average Bonchev–Trinajstić information content (AvgIpc) is 2.54. The van der Waals surface area contributed by atoms with Crippen molar-refractivity contribution in [1.82, 2.24) is 14.9 Å². The standard InChI is InChI=1S/C17H28N4O/c1-5-9-17(2,3)15(22)20(4)14-7-12-21(13-8-14)16-18-10-6-11-19-16/h6,10-11,14H,5,7-9,12-13H2,1-4H3. The van der Waals surface area contributed by atoms with E-state index in [0.717, 1.165) is 44.7 Å². The number of hydrogen-bond donors (Lipinski definition) is 0. The first-order valence-electron chi connectivity index (χ1n) is 8.25. The van der Waals surface area contributed by atoms with Crippen molar-refractivity contribution in [1.29, 1.82) is 0 Å². The summed E-state index contributed by atoms with van der Waals surface area (Å²) in [6.07, 6.45) is 7.48. The van der Waals surface area contributed by atoms with Crippen LogP contribution < -0.4 is 4.90 Å². The number of nitrogens with zero attached hydrogens (tertiary/aromatic N) is 4. The maximum absolute atomic E-state index is 12.7. The topological polar surface area (TPSA) is 49.3 Å². The van der Waals surface area contributed by atoms with E-state index >= 15 is 0 Å². The van der Waals surface area contributed by atoms with Crippen LogP contribution in [0.5, 0.6) is 0 Å².